The Morgan fingerprint density at radius 2 is 2.04 bits per heavy atom. The van der Waals surface area contributed by atoms with E-state index in [2.05, 4.69) is 27.8 Å². The van der Waals surface area contributed by atoms with Crippen molar-refractivity contribution >= 4 is 45.7 Å². The summed E-state index contributed by atoms with van der Waals surface area (Å²) in [7, 11) is -1.25. The summed E-state index contributed by atoms with van der Waals surface area (Å²) >= 11 is 0. The monoisotopic (exact) mass is 520 g/mol. The van der Waals surface area contributed by atoms with Gasteiger partial charge in [-0.1, -0.05) is 24.3 Å². The summed E-state index contributed by atoms with van der Waals surface area (Å²) in [6.07, 6.45) is 2.73. The van der Waals surface area contributed by atoms with Gasteiger partial charge in [-0.05, 0) is 30.4 Å². The fourth-order valence-electron chi connectivity index (χ4n) is 3.61. The maximum Gasteiger partial charge on any atom is 0.222 e. The smallest absolute Gasteiger partial charge is 0.222 e. The molecule has 1 aromatic rings. The van der Waals surface area contributed by atoms with Gasteiger partial charge in [0.1, 0.15) is 0 Å². The number of nitrogens with zero attached hydrogens (tertiary/aromatic N) is 2. The predicted octanol–water partition coefficient (Wildman–Crippen LogP) is 1.32. The summed E-state index contributed by atoms with van der Waals surface area (Å²) in [6.45, 7) is 2.10. The number of sulfone groups is 1. The molecule has 2 N–H and O–H groups in total. The Bertz CT molecular complexity index is 813. The Morgan fingerprint density at radius 1 is 1.29 bits per heavy atom. The number of aliphatic imine (C=N–C) groups is 1. The van der Waals surface area contributed by atoms with Crippen LogP contribution in [0.25, 0.3) is 0 Å². The molecule has 1 unspecified atom stereocenters. The van der Waals surface area contributed by atoms with Crippen molar-refractivity contribution in [3.05, 3.63) is 35.4 Å². The lowest BCUT2D eigenvalue weighted by molar-refractivity contribution is -0.132. The molecule has 0 radical (unpaired) electrons. The molecule has 0 aromatic heterocycles. The van der Waals surface area contributed by atoms with Crippen LogP contribution in [-0.2, 0) is 27.6 Å². The number of hydrogen-bond donors (Lipinski definition) is 2. The van der Waals surface area contributed by atoms with E-state index >= 15 is 0 Å². The van der Waals surface area contributed by atoms with Crippen molar-refractivity contribution in [3.8, 4) is 0 Å². The van der Waals surface area contributed by atoms with Crippen molar-refractivity contribution in [2.75, 3.05) is 31.6 Å². The average molecular weight is 520 g/mol. The van der Waals surface area contributed by atoms with E-state index in [0.717, 1.165) is 13.0 Å². The van der Waals surface area contributed by atoms with Crippen LogP contribution >= 0.6 is 24.0 Å². The van der Waals surface area contributed by atoms with E-state index < -0.39 is 9.84 Å². The third-order valence-electron chi connectivity index (χ3n) is 5.14. The van der Waals surface area contributed by atoms with Crippen molar-refractivity contribution in [2.24, 2.45) is 4.99 Å². The lowest BCUT2D eigenvalue weighted by Crippen LogP contribution is -2.44. The highest BCUT2D eigenvalue weighted by Crippen LogP contribution is 2.19. The number of halogens is 1. The van der Waals surface area contributed by atoms with Gasteiger partial charge in [0.05, 0.1) is 11.5 Å². The number of amides is 1. The highest BCUT2D eigenvalue weighted by molar-refractivity contribution is 14.0. The first kappa shape index (κ1) is 22.9. The topological polar surface area (TPSA) is 90.9 Å². The maximum absolute atomic E-state index is 12.5. The molecule has 0 spiro atoms. The van der Waals surface area contributed by atoms with Gasteiger partial charge in [0.25, 0.3) is 0 Å². The molecule has 1 amide bonds. The molecular formula is C19H29IN4O3S. The molecule has 0 saturated carbocycles. The lowest BCUT2D eigenvalue weighted by Gasteiger charge is -2.29. The molecule has 1 atom stereocenters. The van der Waals surface area contributed by atoms with E-state index in [0.29, 0.717) is 38.3 Å². The third-order valence-corrected chi connectivity index (χ3v) is 6.91. The summed E-state index contributed by atoms with van der Waals surface area (Å²) in [5.74, 6) is 1.16. The number of carbonyl (C=O) groups is 1. The second kappa shape index (κ2) is 10.4. The van der Waals surface area contributed by atoms with E-state index in [9.17, 15) is 13.2 Å². The minimum atomic E-state index is -2.91. The van der Waals surface area contributed by atoms with Gasteiger partial charge in [-0.3, -0.25) is 9.79 Å². The van der Waals surface area contributed by atoms with Crippen LogP contribution in [0.1, 0.15) is 30.4 Å². The predicted molar refractivity (Wildman–Crippen MR) is 122 cm³/mol. The largest absolute Gasteiger partial charge is 0.356 e. The van der Waals surface area contributed by atoms with Gasteiger partial charge in [0.15, 0.2) is 15.8 Å². The summed E-state index contributed by atoms with van der Waals surface area (Å²) in [5.41, 5.74) is 2.58. The fourth-order valence-corrected chi connectivity index (χ4v) is 5.28. The third kappa shape index (κ3) is 6.33. The fraction of sp³-hybridized carbons (Fsp3) is 0.579. The Balaban J connectivity index is 0.00000280. The van der Waals surface area contributed by atoms with Crippen LogP contribution in [0, 0.1) is 0 Å². The Morgan fingerprint density at radius 3 is 2.71 bits per heavy atom. The Kier molecular flexibility index (Phi) is 8.54. The second-order valence-electron chi connectivity index (χ2n) is 7.18. The molecule has 1 saturated heterocycles. The molecule has 2 heterocycles. The van der Waals surface area contributed by atoms with Crippen LogP contribution in [0.2, 0.25) is 0 Å². The molecule has 3 rings (SSSR count). The zero-order chi connectivity index (χ0) is 19.3. The molecule has 2 aliphatic rings. The molecule has 0 aliphatic carbocycles. The summed E-state index contributed by atoms with van der Waals surface area (Å²) in [5, 5.41) is 6.32. The molecule has 1 fully saturated rings. The van der Waals surface area contributed by atoms with E-state index in [1.807, 2.05) is 17.0 Å². The van der Waals surface area contributed by atoms with Gasteiger partial charge in [-0.25, -0.2) is 8.42 Å². The van der Waals surface area contributed by atoms with Crippen molar-refractivity contribution < 1.29 is 13.2 Å². The SMILES string of the molecule is CN=C(NCCCC(=O)N1CCc2ccccc2C1)NC1CCS(=O)(=O)C1.I. The lowest BCUT2D eigenvalue weighted by atomic mass is 9.99. The number of hydrogen-bond acceptors (Lipinski definition) is 4. The molecule has 1 aromatic carbocycles. The first-order valence-corrected chi connectivity index (χ1v) is 11.3. The van der Waals surface area contributed by atoms with Crippen LogP contribution in [0.3, 0.4) is 0 Å². The maximum atomic E-state index is 12.5. The standard InChI is InChI=1S/C19H28N4O3S.HI/c1-20-19(22-17-9-12-27(25,26)14-17)21-10-4-7-18(24)23-11-8-15-5-2-3-6-16(15)13-23;/h2-3,5-6,17H,4,7-14H2,1H3,(H2,20,21,22);1H. The molecule has 2 aliphatic heterocycles. The van der Waals surface area contributed by atoms with Gasteiger partial charge in [0, 0.05) is 39.1 Å². The quantitative estimate of drug-likeness (QED) is 0.265. The van der Waals surface area contributed by atoms with Crippen molar-refractivity contribution in [1.82, 2.24) is 15.5 Å². The minimum Gasteiger partial charge on any atom is -0.356 e. The van der Waals surface area contributed by atoms with Crippen LogP contribution in [0.5, 0.6) is 0 Å². The molecular weight excluding hydrogens is 491 g/mol. The van der Waals surface area contributed by atoms with Gasteiger partial charge in [-0.15, -0.1) is 24.0 Å². The van der Waals surface area contributed by atoms with E-state index in [1.165, 1.54) is 11.1 Å². The van der Waals surface area contributed by atoms with Gasteiger partial charge >= 0.3 is 0 Å². The van der Waals surface area contributed by atoms with Gasteiger partial charge < -0.3 is 15.5 Å². The average Bonchev–Trinajstić information content (AvgIpc) is 3.01. The van der Waals surface area contributed by atoms with E-state index in [-0.39, 0.29) is 47.4 Å². The molecule has 156 valence electrons. The van der Waals surface area contributed by atoms with Crippen LogP contribution < -0.4 is 10.6 Å². The van der Waals surface area contributed by atoms with E-state index in [1.54, 1.807) is 7.05 Å². The van der Waals surface area contributed by atoms with Crippen LogP contribution in [0.15, 0.2) is 29.3 Å². The normalized spacial score (nSPS) is 20.8. The van der Waals surface area contributed by atoms with E-state index in [4.69, 9.17) is 0 Å². The minimum absolute atomic E-state index is 0. The molecule has 7 nitrogen and oxygen atoms in total. The number of nitrogens with one attached hydrogen (secondary N) is 2. The second-order valence-corrected chi connectivity index (χ2v) is 9.41. The van der Waals surface area contributed by atoms with Gasteiger partial charge in [-0.2, -0.15) is 0 Å². The highest BCUT2D eigenvalue weighted by Gasteiger charge is 2.28. The number of guanidine groups is 1. The molecule has 0 bridgehead atoms. The molecule has 28 heavy (non-hydrogen) atoms. The van der Waals surface area contributed by atoms with Crippen LogP contribution in [-0.4, -0.2) is 62.9 Å². The number of fused-ring (bicyclic) bond motifs is 1. The first-order chi connectivity index (χ1) is 13.0. The molecule has 9 heteroatoms. The Labute approximate surface area is 184 Å². The van der Waals surface area contributed by atoms with Crippen molar-refractivity contribution in [3.63, 3.8) is 0 Å². The number of carbonyl (C=O) groups excluding carboxylic acids is 1. The zero-order valence-electron chi connectivity index (χ0n) is 16.2. The van der Waals surface area contributed by atoms with Crippen LogP contribution in [0.4, 0.5) is 0 Å². The summed E-state index contributed by atoms with van der Waals surface area (Å²) in [6, 6.07) is 8.20. The van der Waals surface area contributed by atoms with Gasteiger partial charge in [0.2, 0.25) is 5.91 Å². The summed E-state index contributed by atoms with van der Waals surface area (Å²) < 4.78 is 23.1. The zero-order valence-corrected chi connectivity index (χ0v) is 19.3. The Hall–Kier alpha value is -1.36. The highest BCUT2D eigenvalue weighted by atomic mass is 127. The first-order valence-electron chi connectivity index (χ1n) is 9.49. The number of rotatable bonds is 5. The van der Waals surface area contributed by atoms with Crippen molar-refractivity contribution in [2.45, 2.75) is 38.3 Å². The number of benzene rings is 1. The van der Waals surface area contributed by atoms with Crippen molar-refractivity contribution in [1.29, 1.82) is 0 Å². The summed E-state index contributed by atoms with van der Waals surface area (Å²) in [4.78, 5) is 18.5.